The Labute approximate surface area is 94.4 Å². The third-order valence-electron chi connectivity index (χ3n) is 1.92. The van der Waals surface area contributed by atoms with Crippen LogP contribution in [0.1, 0.15) is 12.5 Å². The number of benzene rings is 1. The molecule has 1 aromatic rings. The summed E-state index contributed by atoms with van der Waals surface area (Å²) in [6.07, 6.45) is 0. The lowest BCUT2D eigenvalue weighted by atomic mass is 10.2. The molecule has 6 heteroatoms. The average Bonchev–Trinajstić information content (AvgIpc) is 2.28. The fourth-order valence-electron chi connectivity index (χ4n) is 1.08. The van der Waals surface area contributed by atoms with E-state index in [2.05, 4.69) is 4.72 Å². The van der Waals surface area contributed by atoms with Gasteiger partial charge >= 0.3 is 0 Å². The summed E-state index contributed by atoms with van der Waals surface area (Å²) in [5.74, 6) is 0. The molecule has 0 aromatic heterocycles. The van der Waals surface area contributed by atoms with Crippen LogP contribution >= 0.6 is 0 Å². The van der Waals surface area contributed by atoms with Gasteiger partial charge in [0.25, 0.3) is 0 Å². The molecular weight excluding hydrogens is 228 g/mol. The Morgan fingerprint density at radius 1 is 1.44 bits per heavy atom. The first-order valence-corrected chi connectivity index (χ1v) is 6.11. The van der Waals surface area contributed by atoms with E-state index < -0.39 is 16.1 Å². The highest BCUT2D eigenvalue weighted by Crippen LogP contribution is 2.10. The van der Waals surface area contributed by atoms with Crippen LogP contribution in [0.25, 0.3) is 0 Å². The predicted octanol–water partition coefficient (Wildman–Crippen LogP) is 0.217. The van der Waals surface area contributed by atoms with Gasteiger partial charge in [-0.25, -0.2) is 13.1 Å². The number of rotatable bonds is 4. The zero-order valence-electron chi connectivity index (χ0n) is 8.71. The summed E-state index contributed by atoms with van der Waals surface area (Å²) >= 11 is 0. The van der Waals surface area contributed by atoms with E-state index in [1.165, 1.54) is 24.3 Å². The van der Waals surface area contributed by atoms with Crippen LogP contribution in [0.5, 0.6) is 0 Å². The summed E-state index contributed by atoms with van der Waals surface area (Å²) in [5.41, 5.74) is 0.397. The number of sulfonamides is 1. The van der Waals surface area contributed by atoms with E-state index in [-0.39, 0.29) is 11.5 Å². The van der Waals surface area contributed by atoms with E-state index in [1.807, 2.05) is 6.07 Å². The highest BCUT2D eigenvalue weighted by atomic mass is 32.2. The van der Waals surface area contributed by atoms with Crippen molar-refractivity contribution in [2.45, 2.75) is 17.9 Å². The Kier molecular flexibility index (Phi) is 4.01. The van der Waals surface area contributed by atoms with Gasteiger partial charge in [-0.2, -0.15) is 5.26 Å². The third-order valence-corrected chi connectivity index (χ3v) is 3.53. The highest BCUT2D eigenvalue weighted by Gasteiger charge is 2.16. The normalized spacial score (nSPS) is 13.1. The molecule has 5 nitrogen and oxygen atoms in total. The molecule has 0 bridgehead atoms. The van der Waals surface area contributed by atoms with Gasteiger partial charge in [0.2, 0.25) is 10.0 Å². The Morgan fingerprint density at radius 2 is 2.00 bits per heavy atom. The minimum atomic E-state index is -3.62. The van der Waals surface area contributed by atoms with Crippen LogP contribution in [-0.4, -0.2) is 26.2 Å². The van der Waals surface area contributed by atoms with Crippen LogP contribution in [0.2, 0.25) is 0 Å². The Morgan fingerprint density at radius 3 is 2.44 bits per heavy atom. The van der Waals surface area contributed by atoms with Crippen LogP contribution < -0.4 is 4.72 Å². The maximum atomic E-state index is 11.7. The van der Waals surface area contributed by atoms with Crippen molar-refractivity contribution in [1.82, 2.24) is 4.72 Å². The molecule has 16 heavy (non-hydrogen) atoms. The molecule has 1 atom stereocenters. The maximum absolute atomic E-state index is 11.7. The van der Waals surface area contributed by atoms with Gasteiger partial charge in [-0.1, -0.05) is 0 Å². The summed E-state index contributed by atoms with van der Waals surface area (Å²) < 4.78 is 25.7. The first kappa shape index (κ1) is 12.6. The number of aliphatic hydroxyl groups excluding tert-OH is 1. The molecule has 0 aliphatic rings. The molecule has 0 saturated heterocycles. The highest BCUT2D eigenvalue weighted by molar-refractivity contribution is 7.89. The van der Waals surface area contributed by atoms with Gasteiger partial charge in [0.05, 0.1) is 23.1 Å². The summed E-state index contributed by atoms with van der Waals surface area (Å²) in [7, 11) is -3.62. The van der Waals surface area contributed by atoms with Crippen molar-refractivity contribution in [3.63, 3.8) is 0 Å². The smallest absolute Gasteiger partial charge is 0.240 e. The molecule has 0 aliphatic carbocycles. The lowest BCUT2D eigenvalue weighted by Gasteiger charge is -2.11. The van der Waals surface area contributed by atoms with Gasteiger partial charge in [0.1, 0.15) is 0 Å². The molecule has 0 radical (unpaired) electrons. The van der Waals surface area contributed by atoms with Gasteiger partial charge in [-0.05, 0) is 31.2 Å². The summed E-state index contributed by atoms with van der Waals surface area (Å²) in [5, 5.41) is 17.3. The average molecular weight is 240 g/mol. The quantitative estimate of drug-likeness (QED) is 0.787. The van der Waals surface area contributed by atoms with E-state index >= 15 is 0 Å². The Bertz CT molecular complexity index is 488. The second kappa shape index (κ2) is 5.07. The van der Waals surface area contributed by atoms with Gasteiger partial charge in [0, 0.05) is 6.04 Å². The summed E-state index contributed by atoms with van der Waals surface area (Å²) in [6, 6.07) is 6.92. The largest absolute Gasteiger partial charge is 0.395 e. The molecule has 0 unspecified atom stereocenters. The number of hydrogen-bond donors (Lipinski definition) is 2. The van der Waals surface area contributed by atoms with Crippen LogP contribution in [0, 0.1) is 11.3 Å². The fourth-order valence-corrected chi connectivity index (χ4v) is 2.31. The number of hydrogen-bond acceptors (Lipinski definition) is 4. The van der Waals surface area contributed by atoms with Crippen LogP contribution in [-0.2, 0) is 10.0 Å². The second-order valence-corrected chi connectivity index (χ2v) is 5.06. The lowest BCUT2D eigenvalue weighted by Crippen LogP contribution is -2.34. The minimum absolute atomic E-state index is 0.0757. The molecule has 2 N–H and O–H groups in total. The third kappa shape index (κ3) is 3.03. The van der Waals surface area contributed by atoms with Crippen LogP contribution in [0.3, 0.4) is 0 Å². The van der Waals surface area contributed by atoms with Gasteiger partial charge in [0.15, 0.2) is 0 Å². The molecule has 0 amide bonds. The molecule has 0 fully saturated rings. The first-order chi connectivity index (χ1) is 7.49. The van der Waals surface area contributed by atoms with Gasteiger partial charge < -0.3 is 5.11 Å². The number of nitriles is 1. The van der Waals surface area contributed by atoms with E-state index in [0.717, 1.165) is 0 Å². The number of nitrogens with one attached hydrogen (secondary N) is 1. The Hall–Kier alpha value is -1.42. The second-order valence-electron chi connectivity index (χ2n) is 3.34. The van der Waals surface area contributed by atoms with Crippen LogP contribution in [0.15, 0.2) is 29.2 Å². The SMILES string of the molecule is C[C@H](CO)NS(=O)(=O)c1ccc(C#N)cc1. The topological polar surface area (TPSA) is 90.2 Å². The van der Waals surface area contributed by atoms with Gasteiger partial charge in [-0.3, -0.25) is 0 Å². The minimum Gasteiger partial charge on any atom is -0.395 e. The lowest BCUT2D eigenvalue weighted by molar-refractivity contribution is 0.265. The van der Waals surface area contributed by atoms with Crippen molar-refractivity contribution < 1.29 is 13.5 Å². The van der Waals surface area contributed by atoms with Crippen LogP contribution in [0.4, 0.5) is 0 Å². The van der Waals surface area contributed by atoms with E-state index in [9.17, 15) is 8.42 Å². The predicted molar refractivity (Wildman–Crippen MR) is 58.0 cm³/mol. The number of nitrogens with zero attached hydrogens (tertiary/aromatic N) is 1. The van der Waals surface area contributed by atoms with Crippen molar-refractivity contribution in [2.75, 3.05) is 6.61 Å². The summed E-state index contributed by atoms with van der Waals surface area (Å²) in [4.78, 5) is 0.0757. The number of aliphatic hydroxyl groups is 1. The van der Waals surface area contributed by atoms with Crippen molar-refractivity contribution in [2.24, 2.45) is 0 Å². The molecule has 0 spiro atoms. The monoisotopic (exact) mass is 240 g/mol. The van der Waals surface area contributed by atoms with Gasteiger partial charge in [-0.15, -0.1) is 0 Å². The Balaban J connectivity index is 2.95. The van der Waals surface area contributed by atoms with Crippen molar-refractivity contribution in [3.05, 3.63) is 29.8 Å². The standard InChI is InChI=1S/C10H12N2O3S/c1-8(7-13)12-16(14,15)10-4-2-9(6-11)3-5-10/h2-5,8,12-13H,7H2,1H3/t8-/m1/s1. The maximum Gasteiger partial charge on any atom is 0.240 e. The van der Waals surface area contributed by atoms with E-state index in [0.29, 0.717) is 5.56 Å². The summed E-state index contributed by atoms with van der Waals surface area (Å²) in [6.45, 7) is 1.29. The molecule has 0 aliphatic heterocycles. The molecule has 86 valence electrons. The molecule has 1 aromatic carbocycles. The molecule has 0 heterocycles. The molecule has 1 rings (SSSR count). The zero-order valence-corrected chi connectivity index (χ0v) is 9.53. The van der Waals surface area contributed by atoms with E-state index in [1.54, 1.807) is 6.92 Å². The van der Waals surface area contributed by atoms with E-state index in [4.69, 9.17) is 10.4 Å². The first-order valence-electron chi connectivity index (χ1n) is 4.63. The van der Waals surface area contributed by atoms with Crippen molar-refractivity contribution >= 4 is 10.0 Å². The zero-order chi connectivity index (χ0) is 12.2. The van der Waals surface area contributed by atoms with Crippen molar-refractivity contribution in [1.29, 1.82) is 5.26 Å². The van der Waals surface area contributed by atoms with Crippen molar-refractivity contribution in [3.8, 4) is 6.07 Å². The fraction of sp³-hybridized carbons (Fsp3) is 0.300. The molecule has 0 saturated carbocycles. The molecular formula is C10H12N2O3S.